The Balaban J connectivity index is 1.68. The highest BCUT2D eigenvalue weighted by atomic mass is 35.5. The van der Waals surface area contributed by atoms with Crippen LogP contribution in [0.1, 0.15) is 5.56 Å². The van der Waals surface area contributed by atoms with Gasteiger partial charge < -0.3 is 19.5 Å². The smallest absolute Gasteiger partial charge is 0.263 e. The lowest BCUT2D eigenvalue weighted by Crippen LogP contribution is -2.17. The zero-order valence-corrected chi connectivity index (χ0v) is 17.8. The molecular formula is C19H15Cl2NO4S2. The van der Waals surface area contributed by atoms with Crippen LogP contribution < -0.4 is 19.5 Å². The highest BCUT2D eigenvalue weighted by molar-refractivity contribution is 8.26. The summed E-state index contributed by atoms with van der Waals surface area (Å²) in [6.45, 7) is 0.525. The van der Waals surface area contributed by atoms with Crippen molar-refractivity contribution in [3.8, 4) is 17.2 Å². The Labute approximate surface area is 181 Å². The predicted molar refractivity (Wildman–Crippen MR) is 117 cm³/mol. The fraction of sp³-hybridized carbons (Fsp3) is 0.158. The average Bonchev–Trinajstić information content (AvgIpc) is 2.98. The first-order chi connectivity index (χ1) is 13.5. The van der Waals surface area contributed by atoms with Crippen LogP contribution in [0.25, 0.3) is 6.08 Å². The molecule has 1 amide bonds. The number of thioether (sulfide) groups is 1. The van der Waals surface area contributed by atoms with Gasteiger partial charge in [0.15, 0.2) is 11.5 Å². The molecule has 0 radical (unpaired) electrons. The molecule has 146 valence electrons. The minimum Gasteiger partial charge on any atom is -0.493 e. The lowest BCUT2D eigenvalue weighted by Gasteiger charge is -2.14. The number of hydrogen-bond donors (Lipinski definition) is 1. The third-order valence-corrected chi connectivity index (χ3v) is 5.37. The van der Waals surface area contributed by atoms with Gasteiger partial charge in [0.2, 0.25) is 0 Å². The molecular weight excluding hydrogens is 441 g/mol. The van der Waals surface area contributed by atoms with E-state index in [1.807, 2.05) is 12.1 Å². The normalized spacial score (nSPS) is 14.9. The van der Waals surface area contributed by atoms with Gasteiger partial charge in [0.1, 0.15) is 23.3 Å². The van der Waals surface area contributed by atoms with E-state index >= 15 is 0 Å². The number of hydrogen-bond acceptors (Lipinski definition) is 6. The Hall–Kier alpha value is -1.93. The van der Waals surface area contributed by atoms with Gasteiger partial charge in [-0.2, -0.15) is 0 Å². The van der Waals surface area contributed by atoms with E-state index in [0.29, 0.717) is 42.1 Å². The van der Waals surface area contributed by atoms with Crippen molar-refractivity contribution in [2.45, 2.75) is 0 Å². The van der Waals surface area contributed by atoms with Gasteiger partial charge in [0, 0.05) is 0 Å². The third kappa shape index (κ3) is 5.11. The van der Waals surface area contributed by atoms with Crippen LogP contribution in [0.5, 0.6) is 17.2 Å². The second-order valence-electron chi connectivity index (χ2n) is 5.51. The largest absolute Gasteiger partial charge is 0.493 e. The summed E-state index contributed by atoms with van der Waals surface area (Å²) in [5, 5.41) is 3.46. The summed E-state index contributed by atoms with van der Waals surface area (Å²) in [7, 11) is 1.52. The summed E-state index contributed by atoms with van der Waals surface area (Å²) in [6.07, 6.45) is 1.69. The van der Waals surface area contributed by atoms with Crippen molar-refractivity contribution in [3.05, 3.63) is 56.9 Å². The minimum absolute atomic E-state index is 0.234. The highest BCUT2D eigenvalue weighted by Crippen LogP contribution is 2.38. The molecule has 1 N–H and O–H groups in total. The van der Waals surface area contributed by atoms with Crippen LogP contribution >= 0.6 is 47.2 Å². The zero-order chi connectivity index (χ0) is 20.1. The molecule has 9 heteroatoms. The molecule has 2 aromatic carbocycles. The molecule has 1 saturated heterocycles. The second-order valence-corrected chi connectivity index (χ2v) is 8.05. The Morgan fingerprint density at radius 3 is 2.54 bits per heavy atom. The second kappa shape index (κ2) is 9.52. The van der Waals surface area contributed by atoms with E-state index < -0.39 is 0 Å². The molecule has 1 heterocycles. The third-order valence-electron chi connectivity index (χ3n) is 3.62. The van der Waals surface area contributed by atoms with Crippen molar-refractivity contribution >= 4 is 63.5 Å². The number of carbonyl (C=O) groups is 1. The SMILES string of the molecule is COc1cc(C=C2SC(=S)NC2=O)cc(Cl)c1OCCOc1ccccc1Cl. The van der Waals surface area contributed by atoms with Gasteiger partial charge in [0.05, 0.1) is 22.1 Å². The predicted octanol–water partition coefficient (Wildman–Crippen LogP) is 4.95. The van der Waals surface area contributed by atoms with Crippen molar-refractivity contribution in [3.63, 3.8) is 0 Å². The van der Waals surface area contributed by atoms with Crippen molar-refractivity contribution in [2.24, 2.45) is 0 Å². The Morgan fingerprint density at radius 1 is 1.11 bits per heavy atom. The van der Waals surface area contributed by atoms with E-state index in [2.05, 4.69) is 5.32 Å². The first kappa shape index (κ1) is 20.8. The van der Waals surface area contributed by atoms with Gasteiger partial charge >= 0.3 is 0 Å². The van der Waals surface area contributed by atoms with Gasteiger partial charge in [0.25, 0.3) is 5.91 Å². The summed E-state index contributed by atoms with van der Waals surface area (Å²) >= 11 is 18.6. The van der Waals surface area contributed by atoms with Crippen LogP contribution in [0.2, 0.25) is 10.0 Å². The first-order valence-corrected chi connectivity index (χ1v) is 10.1. The Kier molecular flexibility index (Phi) is 7.07. The lowest BCUT2D eigenvalue weighted by molar-refractivity contribution is -0.115. The van der Waals surface area contributed by atoms with E-state index in [1.165, 1.54) is 18.9 Å². The number of amides is 1. The fourth-order valence-electron chi connectivity index (χ4n) is 2.39. The van der Waals surface area contributed by atoms with Crippen LogP contribution in [-0.4, -0.2) is 30.6 Å². The summed E-state index contributed by atoms with van der Waals surface area (Å²) in [5.74, 6) is 1.19. The summed E-state index contributed by atoms with van der Waals surface area (Å²) in [6, 6.07) is 10.6. The van der Waals surface area contributed by atoms with Crippen LogP contribution in [0.15, 0.2) is 41.3 Å². The molecule has 0 aromatic heterocycles. The molecule has 0 unspecified atom stereocenters. The maximum absolute atomic E-state index is 11.8. The molecule has 0 spiro atoms. The van der Waals surface area contributed by atoms with E-state index in [0.717, 1.165) is 0 Å². The number of ether oxygens (including phenoxy) is 3. The quantitative estimate of drug-likeness (QED) is 0.362. The van der Waals surface area contributed by atoms with Gasteiger partial charge in [-0.3, -0.25) is 4.79 Å². The number of thiocarbonyl (C=S) groups is 1. The molecule has 0 aliphatic carbocycles. The van der Waals surface area contributed by atoms with Crippen LogP contribution in [0, 0.1) is 0 Å². The van der Waals surface area contributed by atoms with Crippen molar-refractivity contribution in [1.82, 2.24) is 5.32 Å². The van der Waals surface area contributed by atoms with Crippen molar-refractivity contribution in [1.29, 1.82) is 0 Å². The van der Waals surface area contributed by atoms with E-state index in [4.69, 9.17) is 49.6 Å². The first-order valence-electron chi connectivity index (χ1n) is 8.10. The van der Waals surface area contributed by atoms with Crippen LogP contribution in [0.4, 0.5) is 0 Å². The van der Waals surface area contributed by atoms with Crippen molar-refractivity contribution in [2.75, 3.05) is 20.3 Å². The molecule has 0 saturated carbocycles. The maximum atomic E-state index is 11.8. The van der Waals surface area contributed by atoms with Crippen LogP contribution in [0.3, 0.4) is 0 Å². The Bertz CT molecular complexity index is 950. The molecule has 1 fully saturated rings. The number of rotatable bonds is 7. The van der Waals surface area contributed by atoms with Gasteiger partial charge in [-0.25, -0.2) is 0 Å². The van der Waals surface area contributed by atoms with Crippen molar-refractivity contribution < 1.29 is 19.0 Å². The molecule has 0 atom stereocenters. The monoisotopic (exact) mass is 455 g/mol. The number of nitrogens with one attached hydrogen (secondary N) is 1. The Morgan fingerprint density at radius 2 is 1.86 bits per heavy atom. The molecule has 1 aliphatic rings. The number of para-hydroxylation sites is 1. The van der Waals surface area contributed by atoms with Gasteiger partial charge in [-0.1, -0.05) is 59.3 Å². The number of benzene rings is 2. The van der Waals surface area contributed by atoms with Gasteiger partial charge in [-0.15, -0.1) is 0 Å². The summed E-state index contributed by atoms with van der Waals surface area (Å²) in [4.78, 5) is 12.3. The molecule has 0 bridgehead atoms. The molecule has 5 nitrogen and oxygen atoms in total. The van der Waals surface area contributed by atoms with E-state index in [1.54, 1.807) is 30.3 Å². The number of halogens is 2. The number of methoxy groups -OCH3 is 1. The van der Waals surface area contributed by atoms with Crippen LogP contribution in [-0.2, 0) is 4.79 Å². The van der Waals surface area contributed by atoms with E-state index in [9.17, 15) is 4.79 Å². The van der Waals surface area contributed by atoms with Gasteiger partial charge in [-0.05, 0) is 35.9 Å². The summed E-state index contributed by atoms with van der Waals surface area (Å²) in [5.41, 5.74) is 0.698. The minimum atomic E-state index is -0.234. The molecule has 2 aromatic rings. The lowest BCUT2D eigenvalue weighted by atomic mass is 10.2. The van der Waals surface area contributed by atoms with E-state index in [-0.39, 0.29) is 19.1 Å². The fourth-order valence-corrected chi connectivity index (χ4v) is 3.90. The summed E-state index contributed by atoms with van der Waals surface area (Å²) < 4.78 is 17.1. The standard InChI is InChI=1S/C19H15Cl2NO4S2/c1-24-15-9-11(10-16-18(23)22-19(27)28-16)8-13(21)17(15)26-7-6-25-14-5-3-2-4-12(14)20/h2-5,8-10H,6-7H2,1H3,(H,22,23,27). The zero-order valence-electron chi connectivity index (χ0n) is 14.7. The number of carbonyl (C=O) groups excluding carboxylic acids is 1. The molecule has 3 rings (SSSR count). The molecule has 1 aliphatic heterocycles. The highest BCUT2D eigenvalue weighted by Gasteiger charge is 2.22. The topological polar surface area (TPSA) is 56.8 Å². The average molecular weight is 456 g/mol. The molecule has 28 heavy (non-hydrogen) atoms. The maximum Gasteiger partial charge on any atom is 0.263 e.